The number of anilines is 1. The van der Waals surface area contributed by atoms with Crippen LogP contribution in [0.5, 0.6) is 0 Å². The molecule has 12 nitrogen and oxygen atoms in total. The van der Waals surface area contributed by atoms with Crippen molar-refractivity contribution in [3.8, 4) is 0 Å². The normalized spacial score (nSPS) is 22.5. The second-order valence-electron chi connectivity index (χ2n) is 4.81. The van der Waals surface area contributed by atoms with E-state index in [1.54, 1.807) is 0 Å². The molecule has 1 aliphatic heterocycles. The zero-order chi connectivity index (χ0) is 18.3. The molecule has 1 saturated heterocycles. The molecule has 1 fully saturated rings. The highest BCUT2D eigenvalue weighted by Crippen LogP contribution is 2.26. The van der Waals surface area contributed by atoms with Gasteiger partial charge in [0.15, 0.2) is 0 Å². The standard InChI is InChI=1S/C8H12N4O4.C4H6O4/c9-7-10-3-12(8(15)11-7)6-1-4(14)5(2-13)16-6;5-3(6)1-2-4(7)8/h3-6,13-14H,1-2H2,(H2,9,11,15);1-2H2,(H,5,6)(H,7,8)/t4-,5+,6+;/m0./s1. The first kappa shape index (κ1) is 19.5. The Hall–Kier alpha value is -2.57. The lowest BCUT2D eigenvalue weighted by atomic mass is 10.2. The Labute approximate surface area is 135 Å². The minimum Gasteiger partial charge on any atom is -0.481 e. The van der Waals surface area contributed by atoms with Gasteiger partial charge in [-0.2, -0.15) is 4.98 Å². The van der Waals surface area contributed by atoms with Crippen molar-refractivity contribution in [2.45, 2.75) is 37.7 Å². The van der Waals surface area contributed by atoms with E-state index in [0.29, 0.717) is 0 Å². The third kappa shape index (κ3) is 5.91. The summed E-state index contributed by atoms with van der Waals surface area (Å²) < 4.78 is 6.41. The van der Waals surface area contributed by atoms with E-state index in [1.807, 2.05) is 0 Å². The molecule has 6 N–H and O–H groups in total. The molecule has 2 rings (SSSR count). The molecule has 12 heteroatoms. The van der Waals surface area contributed by atoms with Crippen LogP contribution in [0.3, 0.4) is 0 Å². The molecule has 3 atom stereocenters. The Balaban J connectivity index is 0.000000307. The minimum absolute atomic E-state index is 0.112. The van der Waals surface area contributed by atoms with E-state index in [1.165, 1.54) is 6.33 Å². The highest BCUT2D eigenvalue weighted by Gasteiger charge is 2.35. The maximum Gasteiger partial charge on any atom is 0.354 e. The fourth-order valence-electron chi connectivity index (χ4n) is 1.82. The van der Waals surface area contributed by atoms with Crippen molar-refractivity contribution < 1.29 is 34.8 Å². The molecule has 0 radical (unpaired) electrons. The molecule has 2 heterocycles. The van der Waals surface area contributed by atoms with Gasteiger partial charge in [-0.3, -0.25) is 14.2 Å². The molecule has 1 aliphatic rings. The Morgan fingerprint density at radius 1 is 1.33 bits per heavy atom. The van der Waals surface area contributed by atoms with Gasteiger partial charge >= 0.3 is 17.6 Å². The Morgan fingerprint density at radius 2 is 1.92 bits per heavy atom. The first-order chi connectivity index (χ1) is 11.2. The van der Waals surface area contributed by atoms with Gasteiger partial charge in [0.2, 0.25) is 5.95 Å². The zero-order valence-corrected chi connectivity index (χ0v) is 12.5. The van der Waals surface area contributed by atoms with Crippen molar-refractivity contribution in [1.82, 2.24) is 14.5 Å². The van der Waals surface area contributed by atoms with E-state index in [4.69, 9.17) is 25.8 Å². The van der Waals surface area contributed by atoms with Crippen molar-refractivity contribution in [3.05, 3.63) is 16.8 Å². The SMILES string of the molecule is Nc1ncn([C@H]2C[C@H](O)[C@@H](CO)O2)c(=O)n1.O=C(O)CCC(=O)O. The van der Waals surface area contributed by atoms with Crippen molar-refractivity contribution in [2.75, 3.05) is 12.3 Å². The van der Waals surface area contributed by atoms with Gasteiger partial charge in [0, 0.05) is 6.42 Å². The second-order valence-corrected chi connectivity index (χ2v) is 4.81. The summed E-state index contributed by atoms with van der Waals surface area (Å²) in [7, 11) is 0. The summed E-state index contributed by atoms with van der Waals surface area (Å²) in [6, 6.07) is 0. The number of aromatic nitrogens is 3. The predicted octanol–water partition coefficient (Wildman–Crippen LogP) is -2.20. The van der Waals surface area contributed by atoms with Crippen molar-refractivity contribution in [2.24, 2.45) is 0 Å². The van der Waals surface area contributed by atoms with Crippen LogP contribution in [0, 0.1) is 0 Å². The van der Waals surface area contributed by atoms with Crippen LogP contribution in [-0.2, 0) is 14.3 Å². The lowest BCUT2D eigenvalue weighted by Gasteiger charge is -2.13. The maximum absolute atomic E-state index is 11.4. The number of aliphatic carboxylic acids is 2. The fourth-order valence-corrected chi connectivity index (χ4v) is 1.82. The van der Waals surface area contributed by atoms with Gasteiger partial charge in [-0.25, -0.2) is 9.78 Å². The van der Waals surface area contributed by atoms with Crippen LogP contribution in [0.4, 0.5) is 5.95 Å². The van der Waals surface area contributed by atoms with Gasteiger partial charge in [0.25, 0.3) is 0 Å². The quantitative estimate of drug-likeness (QED) is 0.387. The van der Waals surface area contributed by atoms with E-state index in [-0.39, 0.29) is 31.8 Å². The van der Waals surface area contributed by atoms with E-state index in [9.17, 15) is 19.5 Å². The topological polar surface area (TPSA) is 198 Å². The van der Waals surface area contributed by atoms with E-state index in [2.05, 4.69) is 9.97 Å². The number of nitrogens with two attached hydrogens (primary N) is 1. The molecule has 0 bridgehead atoms. The fraction of sp³-hybridized carbons (Fsp3) is 0.583. The van der Waals surface area contributed by atoms with Gasteiger partial charge in [0.1, 0.15) is 18.7 Å². The first-order valence-electron chi connectivity index (χ1n) is 6.83. The Morgan fingerprint density at radius 3 is 2.33 bits per heavy atom. The third-order valence-corrected chi connectivity index (χ3v) is 2.99. The van der Waals surface area contributed by atoms with Crippen LogP contribution in [0.2, 0.25) is 0 Å². The highest BCUT2D eigenvalue weighted by atomic mass is 16.5. The van der Waals surface area contributed by atoms with Crippen LogP contribution in [0.25, 0.3) is 0 Å². The molecule has 1 aromatic heterocycles. The van der Waals surface area contributed by atoms with Crippen molar-refractivity contribution in [1.29, 1.82) is 0 Å². The second kappa shape index (κ2) is 8.90. The van der Waals surface area contributed by atoms with Crippen LogP contribution in [0.15, 0.2) is 11.1 Å². The average molecular weight is 346 g/mol. The van der Waals surface area contributed by atoms with Gasteiger partial charge in [-0.1, -0.05) is 0 Å². The summed E-state index contributed by atoms with van der Waals surface area (Å²) in [6.45, 7) is -0.303. The number of aliphatic hydroxyl groups is 2. The van der Waals surface area contributed by atoms with Crippen LogP contribution >= 0.6 is 0 Å². The molecular formula is C12H18N4O8. The van der Waals surface area contributed by atoms with Gasteiger partial charge in [-0.05, 0) is 0 Å². The van der Waals surface area contributed by atoms with Gasteiger partial charge < -0.3 is 30.9 Å². The van der Waals surface area contributed by atoms with Crippen LogP contribution in [-0.4, -0.2) is 65.7 Å². The lowest BCUT2D eigenvalue weighted by Crippen LogP contribution is -2.28. The number of nitrogen functional groups attached to an aromatic ring is 1. The van der Waals surface area contributed by atoms with Crippen molar-refractivity contribution in [3.63, 3.8) is 0 Å². The molecule has 134 valence electrons. The van der Waals surface area contributed by atoms with Gasteiger partial charge in [-0.15, -0.1) is 0 Å². The average Bonchev–Trinajstić information content (AvgIpc) is 2.86. The minimum atomic E-state index is -1.08. The number of nitrogens with zero attached hydrogens (tertiary/aromatic N) is 3. The molecule has 0 amide bonds. The number of carbonyl (C=O) groups is 2. The Kier molecular flexibility index (Phi) is 7.23. The predicted molar refractivity (Wildman–Crippen MR) is 76.8 cm³/mol. The number of ether oxygens (including phenoxy) is 1. The summed E-state index contributed by atoms with van der Waals surface area (Å²) >= 11 is 0. The molecule has 0 spiro atoms. The largest absolute Gasteiger partial charge is 0.481 e. The molecule has 24 heavy (non-hydrogen) atoms. The van der Waals surface area contributed by atoms with Crippen LogP contribution < -0.4 is 11.4 Å². The summed E-state index contributed by atoms with van der Waals surface area (Å²) in [6.07, 6.45) is -1.33. The molecule has 0 unspecified atom stereocenters. The zero-order valence-electron chi connectivity index (χ0n) is 12.5. The van der Waals surface area contributed by atoms with Gasteiger partial charge in [0.05, 0.1) is 25.6 Å². The number of rotatable bonds is 5. The third-order valence-electron chi connectivity index (χ3n) is 2.99. The summed E-state index contributed by atoms with van der Waals surface area (Å²) in [5.74, 6) is -2.27. The Bertz CT molecular complexity index is 620. The maximum atomic E-state index is 11.4. The monoisotopic (exact) mass is 346 g/mol. The van der Waals surface area contributed by atoms with E-state index in [0.717, 1.165) is 4.57 Å². The first-order valence-corrected chi connectivity index (χ1v) is 6.83. The van der Waals surface area contributed by atoms with E-state index < -0.39 is 36.1 Å². The molecule has 1 aromatic rings. The molecule has 0 saturated carbocycles. The van der Waals surface area contributed by atoms with E-state index >= 15 is 0 Å². The van der Waals surface area contributed by atoms with Crippen molar-refractivity contribution >= 4 is 17.9 Å². The number of carboxylic acids is 2. The number of aliphatic hydroxyl groups excluding tert-OH is 2. The summed E-state index contributed by atoms with van der Waals surface area (Å²) in [4.78, 5) is 37.8. The molecule has 0 aliphatic carbocycles. The lowest BCUT2D eigenvalue weighted by molar-refractivity contribution is -0.143. The molecule has 0 aromatic carbocycles. The molecular weight excluding hydrogens is 328 g/mol. The summed E-state index contributed by atoms with van der Waals surface area (Å²) in [5.41, 5.74) is 4.65. The summed E-state index contributed by atoms with van der Waals surface area (Å²) in [5, 5.41) is 34.2. The number of hydrogen-bond acceptors (Lipinski definition) is 9. The van der Waals surface area contributed by atoms with Crippen LogP contribution in [0.1, 0.15) is 25.5 Å². The highest BCUT2D eigenvalue weighted by molar-refractivity contribution is 5.75. The number of carboxylic acid groups (broad SMARTS) is 2. The number of hydrogen-bond donors (Lipinski definition) is 5. The smallest absolute Gasteiger partial charge is 0.354 e.